The number of likely N-dealkylation sites (tertiary alicyclic amines) is 1. The minimum absolute atomic E-state index is 0.111. The Balaban J connectivity index is 1.96. The number of carbonyl (C=O) groups is 1. The molecule has 0 aromatic heterocycles. The summed E-state index contributed by atoms with van der Waals surface area (Å²) in [7, 11) is 2.04. The van der Waals surface area contributed by atoms with Crippen LogP contribution in [0.5, 0.6) is 0 Å². The number of ether oxygens (including phenoxy) is 1. The summed E-state index contributed by atoms with van der Waals surface area (Å²) in [6, 6.07) is 7.79. The molecule has 0 amide bonds. The molecule has 0 saturated carbocycles. The Labute approximate surface area is 143 Å². The lowest BCUT2D eigenvalue weighted by Crippen LogP contribution is -2.41. The minimum atomic E-state index is -0.132. The molecule has 1 saturated heterocycles. The lowest BCUT2D eigenvalue weighted by Gasteiger charge is -2.35. The van der Waals surface area contributed by atoms with Crippen LogP contribution in [0, 0.1) is 5.92 Å². The van der Waals surface area contributed by atoms with E-state index in [1.807, 2.05) is 31.3 Å². The number of carbonyl (C=O) groups excluding carboxylic acids is 1. The molecule has 0 aliphatic carbocycles. The number of hydrogen-bond donors (Lipinski definition) is 1. The van der Waals surface area contributed by atoms with E-state index in [0.29, 0.717) is 11.6 Å². The van der Waals surface area contributed by atoms with Gasteiger partial charge in [0.05, 0.1) is 12.5 Å². The number of rotatable bonds is 7. The van der Waals surface area contributed by atoms with Gasteiger partial charge in [0, 0.05) is 18.2 Å². The lowest BCUT2D eigenvalue weighted by atomic mass is 9.80. The maximum atomic E-state index is 12.5. The third-order valence-corrected chi connectivity index (χ3v) is 4.72. The summed E-state index contributed by atoms with van der Waals surface area (Å²) in [5, 5.41) is 9.48. The van der Waals surface area contributed by atoms with Crippen LogP contribution in [0.3, 0.4) is 0 Å². The number of hydrogen-bond acceptors (Lipinski definition) is 4. The number of unbranched alkanes of at least 4 members (excludes halogenated alkanes) is 2. The van der Waals surface area contributed by atoms with E-state index in [2.05, 4.69) is 4.90 Å². The van der Waals surface area contributed by atoms with Gasteiger partial charge in [0.1, 0.15) is 0 Å². The largest absolute Gasteiger partial charge is 0.465 e. The van der Waals surface area contributed by atoms with Gasteiger partial charge in [-0.1, -0.05) is 23.7 Å². The van der Waals surface area contributed by atoms with Crippen LogP contribution in [0.25, 0.3) is 0 Å². The zero-order chi connectivity index (χ0) is 16.7. The second-order valence-electron chi connectivity index (χ2n) is 6.27. The molecule has 23 heavy (non-hydrogen) atoms. The second-order valence-corrected chi connectivity index (χ2v) is 6.70. The fourth-order valence-electron chi connectivity index (χ4n) is 3.13. The van der Waals surface area contributed by atoms with Crippen molar-refractivity contribution in [3.63, 3.8) is 0 Å². The predicted molar refractivity (Wildman–Crippen MR) is 91.7 cm³/mol. The molecule has 0 bridgehead atoms. The maximum Gasteiger partial charge on any atom is 0.310 e. The Morgan fingerprint density at radius 1 is 1.30 bits per heavy atom. The van der Waals surface area contributed by atoms with Crippen LogP contribution in [0.15, 0.2) is 24.3 Å². The van der Waals surface area contributed by atoms with Gasteiger partial charge in [0.15, 0.2) is 0 Å². The van der Waals surface area contributed by atoms with Crippen LogP contribution >= 0.6 is 11.6 Å². The van der Waals surface area contributed by atoms with Gasteiger partial charge in [-0.05, 0) is 62.9 Å². The van der Waals surface area contributed by atoms with Crippen LogP contribution in [0.4, 0.5) is 0 Å². The standard InChI is InChI=1S/C18H26ClNO3/c1-20-10-9-16(14-5-7-15(19)8-6-14)17(13-20)18(22)23-12-4-2-3-11-21/h5-8,16-17,21H,2-4,9-13H2,1H3/t16-,17+/m1/s1. The maximum absolute atomic E-state index is 12.5. The van der Waals surface area contributed by atoms with Gasteiger partial charge in [-0.3, -0.25) is 4.79 Å². The van der Waals surface area contributed by atoms with E-state index in [0.717, 1.165) is 44.3 Å². The normalized spacial score (nSPS) is 22.0. The van der Waals surface area contributed by atoms with Gasteiger partial charge in [0.25, 0.3) is 0 Å². The fourth-order valence-corrected chi connectivity index (χ4v) is 3.26. The molecule has 1 N–H and O–H groups in total. The summed E-state index contributed by atoms with van der Waals surface area (Å²) in [5.41, 5.74) is 1.16. The van der Waals surface area contributed by atoms with Crippen molar-refractivity contribution in [1.29, 1.82) is 0 Å². The van der Waals surface area contributed by atoms with Gasteiger partial charge in [-0.25, -0.2) is 0 Å². The van der Waals surface area contributed by atoms with E-state index in [4.69, 9.17) is 21.4 Å². The predicted octanol–water partition coefficient (Wildman–Crippen LogP) is 3.08. The topological polar surface area (TPSA) is 49.8 Å². The molecule has 1 aliphatic heterocycles. The van der Waals surface area contributed by atoms with Crippen LogP contribution in [0.2, 0.25) is 5.02 Å². The molecule has 4 nitrogen and oxygen atoms in total. The van der Waals surface area contributed by atoms with E-state index >= 15 is 0 Å². The summed E-state index contributed by atoms with van der Waals surface area (Å²) in [6.45, 7) is 2.34. The molecular formula is C18H26ClNO3. The van der Waals surface area contributed by atoms with E-state index in [1.165, 1.54) is 0 Å². The number of piperidine rings is 1. The van der Waals surface area contributed by atoms with Crippen LogP contribution < -0.4 is 0 Å². The quantitative estimate of drug-likeness (QED) is 0.612. The number of nitrogens with zero attached hydrogens (tertiary/aromatic N) is 1. The van der Waals surface area contributed by atoms with Crippen molar-refractivity contribution in [3.05, 3.63) is 34.9 Å². The first kappa shape index (κ1) is 18.2. The van der Waals surface area contributed by atoms with Crippen molar-refractivity contribution in [3.8, 4) is 0 Å². The molecular weight excluding hydrogens is 314 g/mol. The smallest absolute Gasteiger partial charge is 0.310 e. The molecule has 0 spiro atoms. The zero-order valence-electron chi connectivity index (χ0n) is 13.7. The molecule has 0 radical (unpaired) electrons. The summed E-state index contributed by atoms with van der Waals surface area (Å²) in [6.07, 6.45) is 3.40. The van der Waals surface area contributed by atoms with Gasteiger partial charge in [-0.15, -0.1) is 0 Å². The van der Waals surface area contributed by atoms with Gasteiger partial charge in [0.2, 0.25) is 0 Å². The van der Waals surface area contributed by atoms with Crippen molar-refractivity contribution >= 4 is 17.6 Å². The molecule has 2 rings (SSSR count). The van der Waals surface area contributed by atoms with Crippen LogP contribution in [0.1, 0.15) is 37.2 Å². The SMILES string of the molecule is CN1CC[C@H](c2ccc(Cl)cc2)[C@@H](C(=O)OCCCCCO)C1. The third kappa shape index (κ3) is 5.48. The highest BCUT2D eigenvalue weighted by molar-refractivity contribution is 6.30. The summed E-state index contributed by atoms with van der Waals surface area (Å²) in [5.74, 6) is -0.0540. The highest BCUT2D eigenvalue weighted by atomic mass is 35.5. The molecule has 0 unspecified atom stereocenters. The Kier molecular flexibility index (Phi) is 7.34. The van der Waals surface area contributed by atoms with Crippen molar-refractivity contribution in [2.45, 2.75) is 31.6 Å². The average molecular weight is 340 g/mol. The van der Waals surface area contributed by atoms with Gasteiger partial charge in [-0.2, -0.15) is 0 Å². The second kappa shape index (κ2) is 9.26. The molecule has 128 valence electrons. The first-order chi connectivity index (χ1) is 11.1. The summed E-state index contributed by atoms with van der Waals surface area (Å²) < 4.78 is 5.48. The average Bonchev–Trinajstić information content (AvgIpc) is 2.55. The molecule has 2 atom stereocenters. The van der Waals surface area contributed by atoms with Crippen molar-refractivity contribution in [2.24, 2.45) is 5.92 Å². The number of aliphatic hydroxyl groups is 1. The molecule has 1 heterocycles. The van der Waals surface area contributed by atoms with E-state index in [9.17, 15) is 4.79 Å². The first-order valence-corrected chi connectivity index (χ1v) is 8.71. The summed E-state index contributed by atoms with van der Waals surface area (Å²) in [4.78, 5) is 14.7. The Morgan fingerprint density at radius 2 is 2.04 bits per heavy atom. The van der Waals surface area contributed by atoms with Crippen molar-refractivity contribution in [1.82, 2.24) is 4.90 Å². The summed E-state index contributed by atoms with van der Waals surface area (Å²) >= 11 is 5.97. The fraction of sp³-hybridized carbons (Fsp3) is 0.611. The highest BCUT2D eigenvalue weighted by Crippen LogP contribution is 2.34. The van der Waals surface area contributed by atoms with Gasteiger partial charge < -0.3 is 14.7 Å². The van der Waals surface area contributed by atoms with Gasteiger partial charge >= 0.3 is 5.97 Å². The Hall–Kier alpha value is -1.10. The van der Waals surface area contributed by atoms with Crippen LogP contribution in [-0.2, 0) is 9.53 Å². The molecule has 1 aliphatic rings. The Morgan fingerprint density at radius 3 is 2.74 bits per heavy atom. The van der Waals surface area contributed by atoms with E-state index in [-0.39, 0.29) is 24.4 Å². The highest BCUT2D eigenvalue weighted by Gasteiger charge is 2.35. The molecule has 1 aromatic carbocycles. The van der Waals surface area contributed by atoms with E-state index in [1.54, 1.807) is 0 Å². The molecule has 1 fully saturated rings. The third-order valence-electron chi connectivity index (χ3n) is 4.46. The number of benzene rings is 1. The van der Waals surface area contributed by atoms with Crippen molar-refractivity contribution < 1.29 is 14.6 Å². The molecule has 5 heteroatoms. The minimum Gasteiger partial charge on any atom is -0.465 e. The van der Waals surface area contributed by atoms with Crippen LogP contribution in [-0.4, -0.2) is 49.3 Å². The first-order valence-electron chi connectivity index (χ1n) is 8.33. The molecule has 1 aromatic rings. The van der Waals surface area contributed by atoms with E-state index < -0.39 is 0 Å². The monoisotopic (exact) mass is 339 g/mol. The lowest BCUT2D eigenvalue weighted by molar-refractivity contribution is -0.151. The zero-order valence-corrected chi connectivity index (χ0v) is 14.5. The number of halogens is 1. The number of esters is 1. The number of aliphatic hydroxyl groups excluding tert-OH is 1. The van der Waals surface area contributed by atoms with Crippen molar-refractivity contribution in [2.75, 3.05) is 33.4 Å². The Bertz CT molecular complexity index is 492.